The second-order valence-electron chi connectivity index (χ2n) is 9.88. The number of rotatable bonds is 10. The maximum atomic E-state index is 15.6. The molecule has 1 aliphatic heterocycles. The number of hydrogen-bond acceptors (Lipinski definition) is 7. The van der Waals surface area contributed by atoms with Gasteiger partial charge in [0.2, 0.25) is 5.82 Å². The highest BCUT2D eigenvalue weighted by Crippen LogP contribution is 2.38. The van der Waals surface area contributed by atoms with E-state index >= 15 is 4.39 Å². The number of alkyl halides is 2. The molecule has 0 atom stereocenters. The van der Waals surface area contributed by atoms with Gasteiger partial charge < -0.3 is 15.3 Å². The minimum Gasteiger partial charge on any atom is -0.481 e. The van der Waals surface area contributed by atoms with Crippen LogP contribution >= 0.6 is 0 Å². The van der Waals surface area contributed by atoms with Gasteiger partial charge in [-0.25, -0.2) is 27.2 Å². The van der Waals surface area contributed by atoms with Gasteiger partial charge in [-0.05, 0) is 31.2 Å². The zero-order valence-corrected chi connectivity index (χ0v) is 20.7. The Balaban J connectivity index is 1.52. The van der Waals surface area contributed by atoms with E-state index in [0.717, 1.165) is 25.3 Å². The highest BCUT2D eigenvalue weighted by Gasteiger charge is 2.39. The van der Waals surface area contributed by atoms with Gasteiger partial charge in [-0.15, -0.1) is 0 Å². The van der Waals surface area contributed by atoms with Gasteiger partial charge in [0.05, 0.1) is 17.9 Å². The Morgan fingerprint density at radius 1 is 1.19 bits per heavy atom. The molecule has 0 amide bonds. The third-order valence-electron chi connectivity index (χ3n) is 6.89. The second kappa shape index (κ2) is 9.87. The Bertz CT molecular complexity index is 1200. The molecule has 0 bridgehead atoms. The Kier molecular flexibility index (Phi) is 7.18. The van der Waals surface area contributed by atoms with E-state index in [-0.39, 0.29) is 67.1 Å². The van der Waals surface area contributed by atoms with Crippen molar-refractivity contribution in [2.45, 2.75) is 57.5 Å². The van der Waals surface area contributed by atoms with Crippen LogP contribution in [0.5, 0.6) is 0 Å². The van der Waals surface area contributed by atoms with E-state index in [0.29, 0.717) is 0 Å². The van der Waals surface area contributed by atoms with Crippen molar-refractivity contribution >= 4 is 27.4 Å². The highest BCUT2D eigenvalue weighted by atomic mass is 32.2. The fourth-order valence-electron chi connectivity index (χ4n) is 4.53. The molecule has 2 aromatic rings. The van der Waals surface area contributed by atoms with Crippen molar-refractivity contribution in [3.8, 4) is 0 Å². The summed E-state index contributed by atoms with van der Waals surface area (Å²) >= 11 is 0. The Morgan fingerprint density at radius 2 is 1.83 bits per heavy atom. The third-order valence-corrected chi connectivity index (χ3v) is 8.54. The SMILES string of the molecule is CC(F)(F)c1ccc(CN(c2ncnc(NCC3(CC(=O)O)CCS(=O)(=O)CC3)c2F)C2CC2)cc1. The first-order valence-electron chi connectivity index (χ1n) is 11.8. The summed E-state index contributed by atoms with van der Waals surface area (Å²) in [5.41, 5.74) is -0.213. The molecule has 4 rings (SSSR count). The zero-order chi connectivity index (χ0) is 26.1. The number of carbonyl (C=O) groups is 1. The molecule has 2 heterocycles. The number of anilines is 2. The number of aliphatic carboxylic acids is 1. The molecular formula is C24H29F3N4O4S. The summed E-state index contributed by atoms with van der Waals surface area (Å²) in [5, 5.41) is 12.3. The standard InChI is InChI=1S/C24H29F3N4O4S/c1-23(26,27)17-4-2-16(3-5-17)13-31(18-6-7-18)22-20(25)21(29-15-30-22)28-14-24(12-19(32)33)8-10-36(34,35)11-9-24/h2-5,15,18H,6-14H2,1H3,(H,32,33)(H,28,29,30). The number of aromatic nitrogens is 2. The number of sulfone groups is 1. The number of nitrogens with one attached hydrogen (secondary N) is 1. The molecule has 0 radical (unpaired) electrons. The molecular weight excluding hydrogens is 497 g/mol. The van der Waals surface area contributed by atoms with Gasteiger partial charge in [0.15, 0.2) is 11.6 Å². The van der Waals surface area contributed by atoms with E-state index in [9.17, 15) is 27.1 Å². The third kappa shape index (κ3) is 6.26. The highest BCUT2D eigenvalue weighted by molar-refractivity contribution is 7.91. The van der Waals surface area contributed by atoms with Crippen molar-refractivity contribution in [2.24, 2.45) is 5.41 Å². The van der Waals surface area contributed by atoms with E-state index in [1.807, 2.05) is 0 Å². The molecule has 196 valence electrons. The van der Waals surface area contributed by atoms with Gasteiger partial charge in [0, 0.05) is 37.0 Å². The van der Waals surface area contributed by atoms with Crippen molar-refractivity contribution in [1.29, 1.82) is 0 Å². The van der Waals surface area contributed by atoms with Gasteiger partial charge in [0.1, 0.15) is 16.2 Å². The number of benzene rings is 1. The summed E-state index contributed by atoms with van der Waals surface area (Å²) < 4.78 is 66.4. The second-order valence-corrected chi connectivity index (χ2v) is 12.2. The number of carboxylic acid groups (broad SMARTS) is 1. The van der Waals surface area contributed by atoms with Crippen molar-refractivity contribution in [3.63, 3.8) is 0 Å². The predicted octanol–water partition coefficient (Wildman–Crippen LogP) is 3.98. The van der Waals surface area contributed by atoms with Crippen LogP contribution in [0.2, 0.25) is 0 Å². The lowest BCUT2D eigenvalue weighted by Gasteiger charge is -2.36. The van der Waals surface area contributed by atoms with Crippen LogP contribution in [0, 0.1) is 11.2 Å². The smallest absolute Gasteiger partial charge is 0.303 e. The van der Waals surface area contributed by atoms with Gasteiger partial charge in [0.25, 0.3) is 5.92 Å². The number of carboxylic acids is 1. The van der Waals surface area contributed by atoms with Crippen molar-refractivity contribution in [2.75, 3.05) is 28.3 Å². The molecule has 2 N–H and O–H groups in total. The van der Waals surface area contributed by atoms with Crippen LogP contribution in [0.4, 0.5) is 24.8 Å². The monoisotopic (exact) mass is 526 g/mol. The fraction of sp³-hybridized carbons (Fsp3) is 0.542. The van der Waals surface area contributed by atoms with E-state index in [1.54, 1.807) is 17.0 Å². The average Bonchev–Trinajstić information content (AvgIpc) is 3.64. The zero-order valence-electron chi connectivity index (χ0n) is 19.9. The van der Waals surface area contributed by atoms with Crippen LogP contribution in [0.25, 0.3) is 0 Å². The molecule has 2 fully saturated rings. The summed E-state index contributed by atoms with van der Waals surface area (Å²) in [5.74, 6) is -4.95. The van der Waals surface area contributed by atoms with Crippen LogP contribution in [0.1, 0.15) is 50.2 Å². The Labute approximate surface area is 207 Å². The summed E-state index contributed by atoms with van der Waals surface area (Å²) in [6.45, 7) is 1.16. The quantitative estimate of drug-likeness (QED) is 0.478. The summed E-state index contributed by atoms with van der Waals surface area (Å²) in [7, 11) is -3.21. The minimum absolute atomic E-state index is 0.0523. The lowest BCUT2D eigenvalue weighted by atomic mass is 9.78. The number of halogens is 3. The first-order valence-corrected chi connectivity index (χ1v) is 13.6. The predicted molar refractivity (Wildman–Crippen MR) is 128 cm³/mol. The van der Waals surface area contributed by atoms with Gasteiger partial charge in [-0.3, -0.25) is 4.79 Å². The summed E-state index contributed by atoms with van der Waals surface area (Å²) in [6, 6.07) is 5.95. The van der Waals surface area contributed by atoms with E-state index in [1.165, 1.54) is 18.5 Å². The van der Waals surface area contributed by atoms with Crippen LogP contribution < -0.4 is 10.2 Å². The van der Waals surface area contributed by atoms with E-state index in [2.05, 4.69) is 15.3 Å². The van der Waals surface area contributed by atoms with Gasteiger partial charge >= 0.3 is 5.97 Å². The Morgan fingerprint density at radius 3 is 2.39 bits per heavy atom. The lowest BCUT2D eigenvalue weighted by Crippen LogP contribution is -2.40. The topological polar surface area (TPSA) is 112 Å². The van der Waals surface area contributed by atoms with Crippen molar-refractivity contribution < 1.29 is 31.5 Å². The number of nitrogens with zero attached hydrogens (tertiary/aromatic N) is 3. The maximum absolute atomic E-state index is 15.6. The van der Waals surface area contributed by atoms with Crippen LogP contribution in [-0.2, 0) is 27.1 Å². The summed E-state index contributed by atoms with van der Waals surface area (Å²) in [4.78, 5) is 21.4. The van der Waals surface area contributed by atoms with Gasteiger partial charge in [-0.1, -0.05) is 24.3 Å². The van der Waals surface area contributed by atoms with Crippen molar-refractivity contribution in [1.82, 2.24) is 9.97 Å². The van der Waals surface area contributed by atoms with Gasteiger partial charge in [-0.2, -0.15) is 4.39 Å². The molecule has 2 aliphatic rings. The van der Waals surface area contributed by atoms with Crippen LogP contribution in [0.15, 0.2) is 30.6 Å². The molecule has 0 unspecified atom stereocenters. The fourth-order valence-corrected chi connectivity index (χ4v) is 6.22. The molecule has 0 spiro atoms. The first-order chi connectivity index (χ1) is 16.9. The molecule has 1 saturated heterocycles. The summed E-state index contributed by atoms with van der Waals surface area (Å²) in [6.07, 6.45) is 2.98. The normalized spacial score (nSPS) is 19.0. The average molecular weight is 527 g/mol. The largest absolute Gasteiger partial charge is 0.481 e. The molecule has 1 aromatic heterocycles. The molecule has 1 aromatic carbocycles. The van der Waals surface area contributed by atoms with Crippen LogP contribution in [-0.4, -0.2) is 53.6 Å². The maximum Gasteiger partial charge on any atom is 0.303 e. The number of hydrogen-bond donors (Lipinski definition) is 2. The lowest BCUT2D eigenvalue weighted by molar-refractivity contribution is -0.139. The molecule has 8 nitrogen and oxygen atoms in total. The minimum atomic E-state index is -3.21. The Hall–Kier alpha value is -2.89. The van der Waals surface area contributed by atoms with Crippen molar-refractivity contribution in [3.05, 3.63) is 47.5 Å². The first kappa shape index (κ1) is 26.2. The molecule has 12 heteroatoms. The molecule has 1 saturated carbocycles. The van der Waals surface area contributed by atoms with E-state index < -0.39 is 33.0 Å². The van der Waals surface area contributed by atoms with Crippen LogP contribution in [0.3, 0.4) is 0 Å². The molecule has 1 aliphatic carbocycles. The van der Waals surface area contributed by atoms with E-state index in [4.69, 9.17) is 0 Å². The molecule has 36 heavy (non-hydrogen) atoms.